The normalized spacial score (nSPS) is 10.3. The summed E-state index contributed by atoms with van der Waals surface area (Å²) in [4.78, 5) is 8.48. The van der Waals surface area contributed by atoms with E-state index < -0.39 is 0 Å². The fourth-order valence-electron chi connectivity index (χ4n) is 1.31. The van der Waals surface area contributed by atoms with Crippen LogP contribution < -0.4 is 5.32 Å². The van der Waals surface area contributed by atoms with Gasteiger partial charge in [-0.25, -0.2) is 9.67 Å². The molecular weight excluding hydrogens is 190 g/mol. The van der Waals surface area contributed by atoms with Crippen LogP contribution in [0.4, 0.5) is 5.95 Å². The van der Waals surface area contributed by atoms with Gasteiger partial charge in [0.2, 0.25) is 5.95 Å². The Morgan fingerprint density at radius 1 is 1.27 bits per heavy atom. The first kappa shape index (κ1) is 9.64. The quantitative estimate of drug-likeness (QED) is 0.799. The second-order valence-corrected chi connectivity index (χ2v) is 3.41. The molecule has 0 aliphatic rings. The van der Waals surface area contributed by atoms with Crippen molar-refractivity contribution in [3.05, 3.63) is 29.7 Å². The molecule has 1 N–H and O–H groups in total. The average Bonchev–Trinajstić information content (AvgIpc) is 2.65. The first-order chi connectivity index (χ1) is 7.20. The van der Waals surface area contributed by atoms with Crippen LogP contribution in [0, 0.1) is 13.8 Å². The molecule has 0 bridgehead atoms. The number of nitrogens with one attached hydrogen (secondary N) is 1. The Morgan fingerprint density at radius 2 is 2.07 bits per heavy atom. The van der Waals surface area contributed by atoms with E-state index in [1.807, 2.05) is 20.0 Å². The Labute approximate surface area is 88.2 Å². The lowest BCUT2D eigenvalue weighted by molar-refractivity contribution is 0.830. The van der Waals surface area contributed by atoms with Gasteiger partial charge in [0.25, 0.3) is 0 Å². The molecule has 0 aromatic carbocycles. The van der Waals surface area contributed by atoms with Crippen molar-refractivity contribution in [2.75, 3.05) is 12.4 Å². The maximum atomic E-state index is 4.35. The third-order valence-electron chi connectivity index (χ3n) is 2.10. The van der Waals surface area contributed by atoms with Crippen LogP contribution in [0.2, 0.25) is 0 Å². The van der Waals surface area contributed by atoms with E-state index >= 15 is 0 Å². The zero-order valence-corrected chi connectivity index (χ0v) is 9.02. The summed E-state index contributed by atoms with van der Waals surface area (Å²) in [7, 11) is 1.79. The van der Waals surface area contributed by atoms with E-state index in [4.69, 9.17) is 0 Å². The Bertz CT molecular complexity index is 474. The van der Waals surface area contributed by atoms with Crippen molar-refractivity contribution in [1.82, 2.24) is 19.7 Å². The SMILES string of the molecule is CNc1ncc(C)c(-n2cc(C)cn2)n1. The molecule has 5 nitrogen and oxygen atoms in total. The summed E-state index contributed by atoms with van der Waals surface area (Å²) in [6.07, 6.45) is 5.53. The molecule has 15 heavy (non-hydrogen) atoms. The van der Waals surface area contributed by atoms with Crippen molar-refractivity contribution >= 4 is 5.95 Å². The summed E-state index contributed by atoms with van der Waals surface area (Å²) in [5.41, 5.74) is 2.11. The van der Waals surface area contributed by atoms with Crippen molar-refractivity contribution in [2.45, 2.75) is 13.8 Å². The van der Waals surface area contributed by atoms with E-state index in [1.165, 1.54) is 0 Å². The van der Waals surface area contributed by atoms with E-state index in [0.717, 1.165) is 16.9 Å². The third kappa shape index (κ3) is 1.81. The van der Waals surface area contributed by atoms with Gasteiger partial charge >= 0.3 is 0 Å². The first-order valence-electron chi connectivity index (χ1n) is 4.74. The minimum atomic E-state index is 0.601. The van der Waals surface area contributed by atoms with Crippen LogP contribution >= 0.6 is 0 Å². The van der Waals surface area contributed by atoms with Gasteiger partial charge in [0.1, 0.15) is 0 Å². The minimum Gasteiger partial charge on any atom is -0.357 e. The number of nitrogens with zero attached hydrogens (tertiary/aromatic N) is 4. The molecule has 2 aromatic rings. The van der Waals surface area contributed by atoms with Gasteiger partial charge in [0.05, 0.1) is 6.20 Å². The van der Waals surface area contributed by atoms with Gasteiger partial charge in [-0.05, 0) is 19.4 Å². The van der Waals surface area contributed by atoms with Crippen molar-refractivity contribution in [2.24, 2.45) is 0 Å². The summed E-state index contributed by atoms with van der Waals surface area (Å²) in [5, 5.41) is 7.13. The predicted molar refractivity (Wildman–Crippen MR) is 58.2 cm³/mol. The minimum absolute atomic E-state index is 0.601. The zero-order chi connectivity index (χ0) is 10.8. The molecule has 78 valence electrons. The molecule has 0 amide bonds. The van der Waals surface area contributed by atoms with E-state index in [-0.39, 0.29) is 0 Å². The molecule has 0 spiro atoms. The van der Waals surface area contributed by atoms with Crippen LogP contribution in [0.5, 0.6) is 0 Å². The molecule has 0 aliphatic heterocycles. The molecule has 2 heterocycles. The summed E-state index contributed by atoms with van der Waals surface area (Å²) >= 11 is 0. The summed E-state index contributed by atoms with van der Waals surface area (Å²) < 4.78 is 1.76. The van der Waals surface area contributed by atoms with Crippen LogP contribution in [-0.2, 0) is 0 Å². The lowest BCUT2D eigenvalue weighted by Crippen LogP contribution is -2.05. The molecule has 0 saturated carbocycles. The Balaban J connectivity index is 2.51. The fraction of sp³-hybridized carbons (Fsp3) is 0.300. The van der Waals surface area contributed by atoms with Gasteiger partial charge in [-0.3, -0.25) is 0 Å². The standard InChI is InChI=1S/C10H13N5/c1-7-4-13-15(6-7)9-8(2)5-12-10(11-3)14-9/h4-6H,1-3H3,(H,11,12,14). The summed E-state index contributed by atoms with van der Waals surface area (Å²) in [6.45, 7) is 3.96. The molecule has 0 aliphatic carbocycles. The lowest BCUT2D eigenvalue weighted by Gasteiger charge is -2.05. The highest BCUT2D eigenvalue weighted by atomic mass is 15.3. The maximum Gasteiger partial charge on any atom is 0.224 e. The van der Waals surface area contributed by atoms with Crippen molar-refractivity contribution in [3.8, 4) is 5.82 Å². The summed E-state index contributed by atoms with van der Waals surface area (Å²) in [5.74, 6) is 1.41. The molecular formula is C10H13N5. The van der Waals surface area contributed by atoms with Crippen LogP contribution in [0.3, 0.4) is 0 Å². The number of rotatable bonds is 2. The zero-order valence-electron chi connectivity index (χ0n) is 9.02. The molecule has 0 unspecified atom stereocenters. The highest BCUT2D eigenvalue weighted by Gasteiger charge is 2.05. The topological polar surface area (TPSA) is 55.6 Å². The van der Waals surface area contributed by atoms with Gasteiger partial charge in [0.15, 0.2) is 5.82 Å². The molecule has 0 saturated heterocycles. The van der Waals surface area contributed by atoms with Crippen molar-refractivity contribution in [3.63, 3.8) is 0 Å². The molecule has 0 fully saturated rings. The van der Waals surface area contributed by atoms with E-state index in [2.05, 4.69) is 20.4 Å². The van der Waals surface area contributed by atoms with Gasteiger partial charge in [0, 0.05) is 25.0 Å². The van der Waals surface area contributed by atoms with Crippen molar-refractivity contribution in [1.29, 1.82) is 0 Å². The highest BCUT2D eigenvalue weighted by Crippen LogP contribution is 2.11. The number of aromatic nitrogens is 4. The Morgan fingerprint density at radius 3 is 2.67 bits per heavy atom. The number of anilines is 1. The Hall–Kier alpha value is -1.91. The van der Waals surface area contributed by atoms with Crippen LogP contribution in [0.1, 0.15) is 11.1 Å². The van der Waals surface area contributed by atoms with Crippen LogP contribution in [-0.4, -0.2) is 26.8 Å². The predicted octanol–water partition coefficient (Wildman–Crippen LogP) is 1.32. The molecule has 2 aromatic heterocycles. The van der Waals surface area contributed by atoms with Gasteiger partial charge in [-0.2, -0.15) is 10.1 Å². The van der Waals surface area contributed by atoms with E-state index in [9.17, 15) is 0 Å². The largest absolute Gasteiger partial charge is 0.357 e. The Kier molecular flexibility index (Phi) is 2.37. The lowest BCUT2D eigenvalue weighted by atomic mass is 10.3. The third-order valence-corrected chi connectivity index (χ3v) is 2.10. The van der Waals surface area contributed by atoms with E-state index in [0.29, 0.717) is 5.95 Å². The second-order valence-electron chi connectivity index (χ2n) is 3.41. The molecule has 5 heteroatoms. The monoisotopic (exact) mass is 203 g/mol. The van der Waals surface area contributed by atoms with Crippen molar-refractivity contribution < 1.29 is 0 Å². The fourth-order valence-corrected chi connectivity index (χ4v) is 1.31. The number of hydrogen-bond acceptors (Lipinski definition) is 4. The van der Waals surface area contributed by atoms with Gasteiger partial charge in [-0.15, -0.1) is 0 Å². The van der Waals surface area contributed by atoms with Crippen LogP contribution in [0.15, 0.2) is 18.6 Å². The average molecular weight is 203 g/mol. The molecule has 0 atom stereocenters. The first-order valence-corrected chi connectivity index (χ1v) is 4.74. The maximum absolute atomic E-state index is 4.35. The molecule has 2 rings (SSSR count). The molecule has 0 radical (unpaired) electrons. The summed E-state index contributed by atoms with van der Waals surface area (Å²) in [6, 6.07) is 0. The van der Waals surface area contributed by atoms with Gasteiger partial charge < -0.3 is 5.32 Å². The second kappa shape index (κ2) is 3.68. The van der Waals surface area contributed by atoms with Gasteiger partial charge in [-0.1, -0.05) is 0 Å². The van der Waals surface area contributed by atoms with Crippen LogP contribution in [0.25, 0.3) is 5.82 Å². The smallest absolute Gasteiger partial charge is 0.224 e. The number of aryl methyl sites for hydroxylation is 2. The highest BCUT2D eigenvalue weighted by molar-refractivity contribution is 5.37. The number of hydrogen-bond donors (Lipinski definition) is 1. The van der Waals surface area contributed by atoms with E-state index in [1.54, 1.807) is 24.1 Å².